The SMILES string of the molecule is c1ccc(-c2cc(Nc3ccc4[nH]ncc4c3)nc(N3CCOCC3)n2)cc1. The topological polar surface area (TPSA) is 79.0 Å². The molecule has 1 fully saturated rings. The number of H-pyrrole nitrogens is 1. The molecule has 0 spiro atoms. The minimum absolute atomic E-state index is 0.693. The Morgan fingerprint density at radius 2 is 1.82 bits per heavy atom. The Hall–Kier alpha value is -3.45. The lowest BCUT2D eigenvalue weighted by atomic mass is 10.1. The molecule has 0 amide bonds. The lowest BCUT2D eigenvalue weighted by molar-refractivity contribution is 0.122. The smallest absolute Gasteiger partial charge is 0.228 e. The van der Waals surface area contributed by atoms with Gasteiger partial charge in [0.25, 0.3) is 0 Å². The molecule has 7 heteroatoms. The van der Waals surface area contributed by atoms with Crippen molar-refractivity contribution >= 4 is 28.4 Å². The van der Waals surface area contributed by atoms with Gasteiger partial charge < -0.3 is 15.0 Å². The van der Waals surface area contributed by atoms with E-state index < -0.39 is 0 Å². The van der Waals surface area contributed by atoms with Crippen LogP contribution in [0, 0.1) is 0 Å². The maximum absolute atomic E-state index is 5.47. The van der Waals surface area contributed by atoms with Gasteiger partial charge in [-0.05, 0) is 18.2 Å². The molecule has 0 saturated carbocycles. The number of rotatable bonds is 4. The summed E-state index contributed by atoms with van der Waals surface area (Å²) < 4.78 is 5.47. The monoisotopic (exact) mass is 372 g/mol. The maximum atomic E-state index is 5.47. The molecule has 4 aromatic rings. The largest absolute Gasteiger partial charge is 0.378 e. The molecule has 28 heavy (non-hydrogen) atoms. The fraction of sp³-hybridized carbons (Fsp3) is 0.190. The van der Waals surface area contributed by atoms with E-state index in [1.165, 1.54) is 0 Å². The van der Waals surface area contributed by atoms with Crippen molar-refractivity contribution in [1.29, 1.82) is 0 Å². The molecule has 0 aliphatic carbocycles. The van der Waals surface area contributed by atoms with E-state index in [0.29, 0.717) is 13.2 Å². The molecule has 2 N–H and O–H groups in total. The first-order valence-electron chi connectivity index (χ1n) is 9.32. The van der Waals surface area contributed by atoms with E-state index in [1.807, 2.05) is 42.6 Å². The van der Waals surface area contributed by atoms with Crippen LogP contribution in [0.5, 0.6) is 0 Å². The molecular weight excluding hydrogens is 352 g/mol. The van der Waals surface area contributed by atoms with Gasteiger partial charge in [0.1, 0.15) is 5.82 Å². The first-order valence-corrected chi connectivity index (χ1v) is 9.32. The summed E-state index contributed by atoms with van der Waals surface area (Å²) in [5.74, 6) is 1.48. The third-order valence-corrected chi connectivity index (χ3v) is 4.79. The molecule has 0 radical (unpaired) electrons. The van der Waals surface area contributed by atoms with Crippen molar-refractivity contribution in [3.63, 3.8) is 0 Å². The van der Waals surface area contributed by atoms with Gasteiger partial charge in [0.15, 0.2) is 0 Å². The van der Waals surface area contributed by atoms with Crippen LogP contribution in [0.3, 0.4) is 0 Å². The highest BCUT2D eigenvalue weighted by molar-refractivity contribution is 5.83. The highest BCUT2D eigenvalue weighted by Crippen LogP contribution is 2.26. The van der Waals surface area contributed by atoms with Crippen LogP contribution in [-0.2, 0) is 4.74 Å². The number of hydrogen-bond donors (Lipinski definition) is 2. The molecular formula is C21H20N6O. The Morgan fingerprint density at radius 1 is 0.964 bits per heavy atom. The van der Waals surface area contributed by atoms with E-state index >= 15 is 0 Å². The number of nitrogens with zero attached hydrogens (tertiary/aromatic N) is 4. The van der Waals surface area contributed by atoms with Crippen LogP contribution < -0.4 is 10.2 Å². The first-order chi connectivity index (χ1) is 13.8. The van der Waals surface area contributed by atoms with E-state index in [4.69, 9.17) is 14.7 Å². The van der Waals surface area contributed by atoms with Gasteiger partial charge in [0.2, 0.25) is 5.95 Å². The molecule has 1 aliphatic heterocycles. The summed E-state index contributed by atoms with van der Waals surface area (Å²) >= 11 is 0. The molecule has 0 unspecified atom stereocenters. The summed E-state index contributed by atoms with van der Waals surface area (Å²) in [6, 6.07) is 18.2. The van der Waals surface area contributed by atoms with Crippen molar-refractivity contribution in [3.8, 4) is 11.3 Å². The Labute approximate surface area is 162 Å². The van der Waals surface area contributed by atoms with Crippen molar-refractivity contribution in [2.75, 3.05) is 36.5 Å². The summed E-state index contributed by atoms with van der Waals surface area (Å²) in [5, 5.41) is 11.5. The van der Waals surface area contributed by atoms with Crippen molar-refractivity contribution in [2.24, 2.45) is 0 Å². The minimum Gasteiger partial charge on any atom is -0.378 e. The number of nitrogens with one attached hydrogen (secondary N) is 2. The normalized spacial score (nSPS) is 14.4. The van der Waals surface area contributed by atoms with Crippen LogP contribution in [-0.4, -0.2) is 46.5 Å². The average molecular weight is 372 g/mol. The number of aromatic amines is 1. The molecule has 7 nitrogen and oxygen atoms in total. The highest BCUT2D eigenvalue weighted by Gasteiger charge is 2.16. The number of benzene rings is 2. The molecule has 3 heterocycles. The van der Waals surface area contributed by atoms with E-state index in [2.05, 4.69) is 38.6 Å². The van der Waals surface area contributed by atoms with Gasteiger partial charge in [-0.1, -0.05) is 30.3 Å². The lowest BCUT2D eigenvalue weighted by Crippen LogP contribution is -2.37. The minimum atomic E-state index is 0.693. The second kappa shape index (κ2) is 7.28. The lowest BCUT2D eigenvalue weighted by Gasteiger charge is -2.27. The van der Waals surface area contributed by atoms with E-state index in [9.17, 15) is 0 Å². The third-order valence-electron chi connectivity index (χ3n) is 4.79. The second-order valence-electron chi connectivity index (χ2n) is 6.70. The fourth-order valence-corrected chi connectivity index (χ4v) is 3.33. The third kappa shape index (κ3) is 3.39. The number of hydrogen-bond acceptors (Lipinski definition) is 6. The first kappa shape index (κ1) is 16.7. The van der Waals surface area contributed by atoms with Gasteiger partial charge in [-0.3, -0.25) is 5.10 Å². The van der Waals surface area contributed by atoms with Crippen LogP contribution in [0.2, 0.25) is 0 Å². The van der Waals surface area contributed by atoms with Gasteiger partial charge in [-0.15, -0.1) is 0 Å². The molecule has 1 aliphatic rings. The standard InChI is InChI=1S/C21H20N6O/c1-2-4-15(5-3-1)19-13-20(25-21(24-19)27-8-10-28-11-9-27)23-17-6-7-18-16(12-17)14-22-26-18/h1-7,12-14H,8-11H2,(H,22,26)(H,23,24,25). The highest BCUT2D eigenvalue weighted by atomic mass is 16.5. The van der Waals surface area contributed by atoms with Gasteiger partial charge in [0, 0.05) is 35.8 Å². The zero-order valence-corrected chi connectivity index (χ0v) is 15.3. The van der Waals surface area contributed by atoms with Crippen molar-refractivity contribution in [2.45, 2.75) is 0 Å². The van der Waals surface area contributed by atoms with Crippen molar-refractivity contribution in [1.82, 2.24) is 20.2 Å². The van der Waals surface area contributed by atoms with Crippen LogP contribution in [0.25, 0.3) is 22.2 Å². The molecule has 0 atom stereocenters. The maximum Gasteiger partial charge on any atom is 0.228 e. The van der Waals surface area contributed by atoms with Crippen molar-refractivity contribution < 1.29 is 4.74 Å². The Kier molecular flexibility index (Phi) is 4.34. The summed E-state index contributed by atoms with van der Waals surface area (Å²) in [4.78, 5) is 11.8. The molecule has 1 saturated heterocycles. The Bertz CT molecular complexity index is 1090. The van der Waals surface area contributed by atoms with Crippen LogP contribution in [0.15, 0.2) is 60.8 Å². The van der Waals surface area contributed by atoms with Gasteiger partial charge >= 0.3 is 0 Å². The fourth-order valence-electron chi connectivity index (χ4n) is 3.33. The number of anilines is 3. The van der Waals surface area contributed by atoms with Crippen LogP contribution in [0.4, 0.5) is 17.5 Å². The number of fused-ring (bicyclic) bond motifs is 1. The van der Waals surface area contributed by atoms with E-state index in [0.717, 1.165) is 52.7 Å². The van der Waals surface area contributed by atoms with Crippen LogP contribution >= 0.6 is 0 Å². The van der Waals surface area contributed by atoms with Gasteiger partial charge in [-0.2, -0.15) is 10.1 Å². The van der Waals surface area contributed by atoms with E-state index in [-0.39, 0.29) is 0 Å². The molecule has 140 valence electrons. The number of ether oxygens (including phenoxy) is 1. The summed E-state index contributed by atoms with van der Waals surface area (Å²) in [6.45, 7) is 2.97. The van der Waals surface area contributed by atoms with Gasteiger partial charge in [0.05, 0.1) is 30.6 Å². The zero-order chi connectivity index (χ0) is 18.8. The zero-order valence-electron chi connectivity index (χ0n) is 15.3. The van der Waals surface area contributed by atoms with Crippen LogP contribution in [0.1, 0.15) is 0 Å². The summed E-state index contributed by atoms with van der Waals surface area (Å²) in [7, 11) is 0. The predicted molar refractivity (Wildman–Crippen MR) is 110 cm³/mol. The molecule has 2 aromatic carbocycles. The average Bonchev–Trinajstić information content (AvgIpc) is 3.23. The second-order valence-corrected chi connectivity index (χ2v) is 6.70. The Balaban J connectivity index is 1.53. The quantitative estimate of drug-likeness (QED) is 0.570. The molecule has 0 bridgehead atoms. The summed E-state index contributed by atoms with van der Waals surface area (Å²) in [6.07, 6.45) is 1.81. The number of aromatic nitrogens is 4. The van der Waals surface area contributed by atoms with Crippen molar-refractivity contribution in [3.05, 3.63) is 60.8 Å². The predicted octanol–water partition coefficient (Wildman–Crippen LogP) is 3.60. The Morgan fingerprint density at radius 3 is 2.68 bits per heavy atom. The molecule has 5 rings (SSSR count). The molecule has 2 aromatic heterocycles. The number of morpholine rings is 1. The summed E-state index contributed by atoms with van der Waals surface area (Å²) in [5.41, 5.74) is 3.92. The van der Waals surface area contributed by atoms with E-state index in [1.54, 1.807) is 0 Å². The van der Waals surface area contributed by atoms with Gasteiger partial charge in [-0.25, -0.2) is 4.98 Å².